The lowest BCUT2D eigenvalue weighted by Crippen LogP contribution is -2.40. The van der Waals surface area contributed by atoms with E-state index in [0.29, 0.717) is 12.5 Å². The SMILES string of the molecule is CC(CC#N)N[C@H]1CCC[C@@H](O)C1. The van der Waals surface area contributed by atoms with Crippen molar-refractivity contribution >= 4 is 0 Å². The monoisotopic (exact) mass is 182 g/mol. The fourth-order valence-corrected chi connectivity index (χ4v) is 1.91. The van der Waals surface area contributed by atoms with Crippen LogP contribution in [0.1, 0.15) is 39.0 Å². The molecule has 1 unspecified atom stereocenters. The summed E-state index contributed by atoms with van der Waals surface area (Å²) in [5.41, 5.74) is 0. The van der Waals surface area contributed by atoms with E-state index in [4.69, 9.17) is 5.26 Å². The second kappa shape index (κ2) is 5.21. The largest absolute Gasteiger partial charge is 0.393 e. The first-order chi connectivity index (χ1) is 6.22. The minimum absolute atomic E-state index is 0.138. The van der Waals surface area contributed by atoms with E-state index in [-0.39, 0.29) is 12.1 Å². The average Bonchev–Trinajstić information content (AvgIpc) is 2.04. The molecule has 0 spiro atoms. The lowest BCUT2D eigenvalue weighted by molar-refractivity contribution is 0.109. The summed E-state index contributed by atoms with van der Waals surface area (Å²) in [6, 6.07) is 2.80. The molecule has 3 atom stereocenters. The lowest BCUT2D eigenvalue weighted by atomic mass is 9.92. The molecule has 74 valence electrons. The van der Waals surface area contributed by atoms with Crippen molar-refractivity contribution < 1.29 is 5.11 Å². The molecule has 0 bridgehead atoms. The molecule has 0 aromatic rings. The van der Waals surface area contributed by atoms with Crippen molar-refractivity contribution in [2.75, 3.05) is 0 Å². The zero-order valence-corrected chi connectivity index (χ0v) is 8.16. The summed E-state index contributed by atoms with van der Waals surface area (Å²) < 4.78 is 0. The standard InChI is InChI=1S/C10H18N2O/c1-8(5-6-11)12-9-3-2-4-10(13)7-9/h8-10,12-13H,2-5,7H2,1H3/t8?,9-,10+/m0/s1. The van der Waals surface area contributed by atoms with Gasteiger partial charge >= 0.3 is 0 Å². The predicted molar refractivity (Wildman–Crippen MR) is 51.1 cm³/mol. The molecule has 1 saturated carbocycles. The van der Waals surface area contributed by atoms with E-state index >= 15 is 0 Å². The van der Waals surface area contributed by atoms with Crippen molar-refractivity contribution in [3.63, 3.8) is 0 Å². The highest BCUT2D eigenvalue weighted by atomic mass is 16.3. The number of hydrogen-bond donors (Lipinski definition) is 2. The van der Waals surface area contributed by atoms with Crippen LogP contribution in [0, 0.1) is 11.3 Å². The maximum atomic E-state index is 9.42. The topological polar surface area (TPSA) is 56.0 Å². The maximum Gasteiger partial charge on any atom is 0.0638 e. The highest BCUT2D eigenvalue weighted by Crippen LogP contribution is 2.18. The Labute approximate surface area is 79.8 Å². The van der Waals surface area contributed by atoms with E-state index in [1.165, 1.54) is 0 Å². The number of nitriles is 1. The van der Waals surface area contributed by atoms with Gasteiger partial charge in [0.15, 0.2) is 0 Å². The third-order valence-corrected chi connectivity index (χ3v) is 2.56. The summed E-state index contributed by atoms with van der Waals surface area (Å²) in [6.45, 7) is 2.02. The van der Waals surface area contributed by atoms with Crippen LogP contribution in [-0.2, 0) is 0 Å². The molecule has 1 rings (SSSR count). The maximum absolute atomic E-state index is 9.42. The van der Waals surface area contributed by atoms with Crippen LogP contribution >= 0.6 is 0 Å². The highest BCUT2D eigenvalue weighted by Gasteiger charge is 2.20. The summed E-state index contributed by atoms with van der Waals surface area (Å²) in [5.74, 6) is 0. The second-order valence-electron chi connectivity index (χ2n) is 3.95. The molecule has 0 amide bonds. The summed E-state index contributed by atoms with van der Waals surface area (Å²) in [5, 5.41) is 21.3. The van der Waals surface area contributed by atoms with E-state index in [1.807, 2.05) is 6.92 Å². The zero-order valence-electron chi connectivity index (χ0n) is 8.16. The Morgan fingerprint density at radius 3 is 3.00 bits per heavy atom. The normalized spacial score (nSPS) is 30.8. The first kappa shape index (κ1) is 10.5. The molecule has 2 N–H and O–H groups in total. The number of aliphatic hydroxyl groups is 1. The first-order valence-electron chi connectivity index (χ1n) is 5.03. The lowest BCUT2D eigenvalue weighted by Gasteiger charge is -2.28. The molecule has 1 aliphatic carbocycles. The summed E-state index contributed by atoms with van der Waals surface area (Å²) in [6.07, 6.45) is 4.42. The molecule has 0 aromatic carbocycles. The molecule has 0 heterocycles. The van der Waals surface area contributed by atoms with Gasteiger partial charge in [-0.1, -0.05) is 0 Å². The number of nitrogens with zero attached hydrogens (tertiary/aromatic N) is 1. The van der Waals surface area contributed by atoms with E-state index in [1.54, 1.807) is 0 Å². The number of rotatable bonds is 3. The van der Waals surface area contributed by atoms with E-state index < -0.39 is 0 Å². The zero-order chi connectivity index (χ0) is 9.68. The first-order valence-corrected chi connectivity index (χ1v) is 5.03. The van der Waals surface area contributed by atoms with Crippen LogP contribution in [0.25, 0.3) is 0 Å². The third kappa shape index (κ3) is 3.75. The molecular formula is C10H18N2O. The number of hydrogen-bond acceptors (Lipinski definition) is 3. The smallest absolute Gasteiger partial charge is 0.0638 e. The summed E-state index contributed by atoms with van der Waals surface area (Å²) in [7, 11) is 0. The molecule has 13 heavy (non-hydrogen) atoms. The Bertz CT molecular complexity index is 188. The molecule has 0 aromatic heterocycles. The number of nitrogens with one attached hydrogen (secondary N) is 1. The summed E-state index contributed by atoms with van der Waals surface area (Å²) >= 11 is 0. The van der Waals surface area contributed by atoms with Gasteiger partial charge in [0.25, 0.3) is 0 Å². The minimum atomic E-state index is -0.138. The van der Waals surface area contributed by atoms with Gasteiger partial charge in [0.2, 0.25) is 0 Å². The van der Waals surface area contributed by atoms with Crippen LogP contribution < -0.4 is 5.32 Å². The van der Waals surface area contributed by atoms with E-state index in [2.05, 4.69) is 11.4 Å². The Kier molecular flexibility index (Phi) is 4.20. The quantitative estimate of drug-likeness (QED) is 0.689. The molecule has 1 fully saturated rings. The third-order valence-electron chi connectivity index (χ3n) is 2.56. The van der Waals surface area contributed by atoms with Gasteiger partial charge in [-0.2, -0.15) is 5.26 Å². The Morgan fingerprint density at radius 2 is 2.38 bits per heavy atom. The van der Waals surface area contributed by atoms with Crippen molar-refractivity contribution in [3.8, 4) is 6.07 Å². The van der Waals surface area contributed by atoms with Crippen molar-refractivity contribution in [1.29, 1.82) is 5.26 Å². The molecule has 0 radical (unpaired) electrons. The summed E-state index contributed by atoms with van der Waals surface area (Å²) in [4.78, 5) is 0. The number of aliphatic hydroxyl groups excluding tert-OH is 1. The van der Waals surface area contributed by atoms with E-state index in [0.717, 1.165) is 25.7 Å². The van der Waals surface area contributed by atoms with Gasteiger partial charge in [-0.05, 0) is 32.6 Å². The van der Waals surface area contributed by atoms with Crippen LogP contribution in [0.3, 0.4) is 0 Å². The Balaban J connectivity index is 2.24. The average molecular weight is 182 g/mol. The molecule has 1 aliphatic rings. The van der Waals surface area contributed by atoms with Gasteiger partial charge in [0, 0.05) is 12.1 Å². The molecular weight excluding hydrogens is 164 g/mol. The van der Waals surface area contributed by atoms with Crippen molar-refractivity contribution in [1.82, 2.24) is 5.32 Å². The highest BCUT2D eigenvalue weighted by molar-refractivity contribution is 4.83. The van der Waals surface area contributed by atoms with Gasteiger partial charge in [0.05, 0.1) is 18.6 Å². The second-order valence-corrected chi connectivity index (χ2v) is 3.95. The molecule has 0 saturated heterocycles. The van der Waals surface area contributed by atoms with Crippen LogP contribution in [0.2, 0.25) is 0 Å². The van der Waals surface area contributed by atoms with Gasteiger partial charge in [-0.15, -0.1) is 0 Å². The van der Waals surface area contributed by atoms with Crippen LogP contribution in [-0.4, -0.2) is 23.3 Å². The van der Waals surface area contributed by atoms with Gasteiger partial charge < -0.3 is 10.4 Å². The fraction of sp³-hybridized carbons (Fsp3) is 0.900. The van der Waals surface area contributed by atoms with Crippen LogP contribution in [0.4, 0.5) is 0 Å². The predicted octanol–water partition coefficient (Wildman–Crippen LogP) is 1.18. The molecule has 0 aliphatic heterocycles. The molecule has 3 heteroatoms. The van der Waals surface area contributed by atoms with Crippen molar-refractivity contribution in [3.05, 3.63) is 0 Å². The van der Waals surface area contributed by atoms with Gasteiger partial charge in [-0.25, -0.2) is 0 Å². The van der Waals surface area contributed by atoms with Crippen LogP contribution in [0.15, 0.2) is 0 Å². The van der Waals surface area contributed by atoms with Crippen molar-refractivity contribution in [2.24, 2.45) is 0 Å². The van der Waals surface area contributed by atoms with Gasteiger partial charge in [-0.3, -0.25) is 0 Å². The Hall–Kier alpha value is -0.590. The minimum Gasteiger partial charge on any atom is -0.393 e. The molecule has 3 nitrogen and oxygen atoms in total. The Morgan fingerprint density at radius 1 is 1.62 bits per heavy atom. The fourth-order valence-electron chi connectivity index (χ4n) is 1.91. The van der Waals surface area contributed by atoms with Gasteiger partial charge in [0.1, 0.15) is 0 Å². The van der Waals surface area contributed by atoms with Crippen LogP contribution in [0.5, 0.6) is 0 Å². The van der Waals surface area contributed by atoms with Crippen molar-refractivity contribution in [2.45, 2.75) is 57.2 Å². The van der Waals surface area contributed by atoms with E-state index in [9.17, 15) is 5.11 Å².